The quantitative estimate of drug-likeness (QED) is 0.602. The molecule has 0 radical (unpaired) electrons. The minimum Gasteiger partial charge on any atom is -0.350 e. The molecule has 1 aliphatic rings. The molecule has 26 heavy (non-hydrogen) atoms. The van der Waals surface area contributed by atoms with Crippen molar-refractivity contribution in [2.75, 3.05) is 13.6 Å². The van der Waals surface area contributed by atoms with Gasteiger partial charge in [0.25, 0.3) is 0 Å². The molecule has 2 amide bonds. The molecule has 4 nitrogen and oxygen atoms in total. The van der Waals surface area contributed by atoms with Crippen LogP contribution in [0.3, 0.4) is 0 Å². The van der Waals surface area contributed by atoms with Crippen molar-refractivity contribution in [3.63, 3.8) is 0 Å². The number of nitrogens with zero attached hydrogens (tertiary/aromatic N) is 1. The lowest BCUT2D eigenvalue weighted by atomic mass is 9.97. The Labute approximate surface area is 157 Å². The minimum absolute atomic E-state index is 0.0501. The van der Waals surface area contributed by atoms with E-state index in [0.29, 0.717) is 12.5 Å². The molecule has 2 rings (SSSR count). The summed E-state index contributed by atoms with van der Waals surface area (Å²) >= 11 is 0. The van der Waals surface area contributed by atoms with Crippen molar-refractivity contribution in [3.05, 3.63) is 48.0 Å². The van der Waals surface area contributed by atoms with Gasteiger partial charge in [0.05, 0.1) is 0 Å². The number of carbonyl (C=O) groups excluding carboxylic acids is 2. The molecule has 0 bridgehead atoms. The molecule has 0 spiro atoms. The second-order valence-electron chi connectivity index (χ2n) is 7.65. The average Bonchev–Trinajstić information content (AvgIpc) is 2.86. The van der Waals surface area contributed by atoms with E-state index in [-0.39, 0.29) is 23.8 Å². The molecule has 1 atom stereocenters. The van der Waals surface area contributed by atoms with Crippen LogP contribution in [0.15, 0.2) is 36.9 Å². The Hall–Kier alpha value is -2.10. The summed E-state index contributed by atoms with van der Waals surface area (Å²) < 4.78 is 0. The van der Waals surface area contributed by atoms with E-state index < -0.39 is 0 Å². The van der Waals surface area contributed by atoms with Crippen molar-refractivity contribution >= 4 is 11.8 Å². The lowest BCUT2D eigenvalue weighted by Gasteiger charge is -2.27. The normalized spacial score (nSPS) is 15.7. The van der Waals surface area contributed by atoms with Gasteiger partial charge in [-0.2, -0.15) is 0 Å². The van der Waals surface area contributed by atoms with Gasteiger partial charge >= 0.3 is 0 Å². The number of hydrogen-bond donors (Lipinski definition) is 1. The van der Waals surface area contributed by atoms with E-state index in [0.717, 1.165) is 32.1 Å². The van der Waals surface area contributed by atoms with Gasteiger partial charge in [0, 0.05) is 25.6 Å². The molecule has 0 aromatic heterocycles. The predicted octanol–water partition coefficient (Wildman–Crippen LogP) is 3.36. The summed E-state index contributed by atoms with van der Waals surface area (Å²) in [5, 5.41) is 2.97. The second kappa shape index (κ2) is 9.56. The van der Waals surface area contributed by atoms with Gasteiger partial charge < -0.3 is 10.2 Å². The summed E-state index contributed by atoms with van der Waals surface area (Å²) in [5.41, 5.74) is 2.77. The molecular weight excluding hydrogens is 324 g/mol. The number of fused-ring (bicyclic) bond motifs is 1. The smallest absolute Gasteiger partial charge is 0.243 e. The maximum absolute atomic E-state index is 12.9. The number of benzene rings is 1. The molecule has 142 valence electrons. The summed E-state index contributed by atoms with van der Waals surface area (Å²) in [6.45, 7) is 8.33. The Kier molecular flexibility index (Phi) is 7.43. The lowest BCUT2D eigenvalue weighted by molar-refractivity contribution is -0.134. The lowest BCUT2D eigenvalue weighted by Crippen LogP contribution is -2.42. The Bertz CT molecular complexity index is 612. The highest BCUT2D eigenvalue weighted by atomic mass is 16.2. The Morgan fingerprint density at radius 2 is 1.81 bits per heavy atom. The molecule has 0 aliphatic heterocycles. The molecular formula is C22H32N2O2. The Balaban J connectivity index is 1.88. The van der Waals surface area contributed by atoms with Gasteiger partial charge in [-0.15, -0.1) is 0 Å². The van der Waals surface area contributed by atoms with Crippen molar-refractivity contribution in [1.82, 2.24) is 10.2 Å². The third-order valence-corrected chi connectivity index (χ3v) is 5.46. The highest BCUT2D eigenvalue weighted by molar-refractivity contribution is 5.87. The maximum Gasteiger partial charge on any atom is 0.243 e. The molecule has 4 heteroatoms. The van der Waals surface area contributed by atoms with Crippen LogP contribution in [0.1, 0.15) is 44.2 Å². The number of aryl methyl sites for hydroxylation is 2. The van der Waals surface area contributed by atoms with Gasteiger partial charge in [-0.25, -0.2) is 0 Å². The molecule has 0 saturated heterocycles. The highest BCUT2D eigenvalue weighted by Gasteiger charge is 2.25. The van der Waals surface area contributed by atoms with Crippen LogP contribution in [0.5, 0.6) is 0 Å². The Morgan fingerprint density at radius 1 is 1.23 bits per heavy atom. The topological polar surface area (TPSA) is 49.4 Å². The van der Waals surface area contributed by atoms with E-state index in [9.17, 15) is 9.59 Å². The molecule has 0 saturated carbocycles. The molecule has 1 aromatic rings. The van der Waals surface area contributed by atoms with Crippen molar-refractivity contribution < 1.29 is 9.59 Å². The van der Waals surface area contributed by atoms with Crippen LogP contribution in [0, 0.1) is 11.8 Å². The molecule has 1 N–H and O–H groups in total. The van der Waals surface area contributed by atoms with Crippen LogP contribution < -0.4 is 5.32 Å². The van der Waals surface area contributed by atoms with E-state index in [2.05, 4.69) is 50.0 Å². The van der Waals surface area contributed by atoms with Gasteiger partial charge in [0.1, 0.15) is 0 Å². The fraction of sp³-hybridized carbons (Fsp3) is 0.545. The SMILES string of the molecule is C=CC(=O)NC(CCN(C)C(=O)C1CCc2ccccc2CC1)C(C)C. The first-order valence-electron chi connectivity index (χ1n) is 9.67. The van der Waals surface area contributed by atoms with E-state index in [1.165, 1.54) is 17.2 Å². The maximum atomic E-state index is 12.9. The van der Waals surface area contributed by atoms with Crippen LogP contribution in [-0.2, 0) is 22.4 Å². The molecule has 0 fully saturated rings. The summed E-state index contributed by atoms with van der Waals surface area (Å²) in [4.78, 5) is 26.3. The van der Waals surface area contributed by atoms with Crippen LogP contribution in [0.4, 0.5) is 0 Å². The number of amides is 2. The van der Waals surface area contributed by atoms with Gasteiger partial charge in [0.15, 0.2) is 0 Å². The summed E-state index contributed by atoms with van der Waals surface area (Å²) in [6, 6.07) is 8.57. The second-order valence-corrected chi connectivity index (χ2v) is 7.65. The standard InChI is InChI=1S/C22H32N2O2/c1-5-21(25)23-20(16(2)3)14-15-24(4)22(26)19-12-10-17-8-6-7-9-18(17)11-13-19/h5-9,16,19-20H,1,10-15H2,2-4H3,(H,23,25). The monoisotopic (exact) mass is 356 g/mol. The third-order valence-electron chi connectivity index (χ3n) is 5.46. The first-order valence-corrected chi connectivity index (χ1v) is 9.67. The average molecular weight is 357 g/mol. The zero-order valence-corrected chi connectivity index (χ0v) is 16.3. The molecule has 1 aromatic carbocycles. The van der Waals surface area contributed by atoms with Gasteiger partial charge in [-0.05, 0) is 55.2 Å². The van der Waals surface area contributed by atoms with Gasteiger partial charge in [-0.3, -0.25) is 9.59 Å². The van der Waals surface area contributed by atoms with Crippen LogP contribution >= 0.6 is 0 Å². The van der Waals surface area contributed by atoms with Crippen molar-refractivity contribution in [1.29, 1.82) is 0 Å². The van der Waals surface area contributed by atoms with Crippen molar-refractivity contribution in [2.45, 2.75) is 52.0 Å². The molecule has 1 aliphatic carbocycles. The van der Waals surface area contributed by atoms with Gasteiger partial charge in [-0.1, -0.05) is 44.7 Å². The first kappa shape index (κ1) is 20.2. The highest BCUT2D eigenvalue weighted by Crippen LogP contribution is 2.25. The zero-order chi connectivity index (χ0) is 19.1. The fourth-order valence-electron chi connectivity index (χ4n) is 3.66. The number of rotatable bonds is 7. The van der Waals surface area contributed by atoms with Crippen molar-refractivity contribution in [2.24, 2.45) is 11.8 Å². The molecule has 1 unspecified atom stereocenters. The number of carbonyl (C=O) groups is 2. The summed E-state index contributed by atoms with van der Waals surface area (Å²) in [7, 11) is 1.88. The fourth-order valence-corrected chi connectivity index (χ4v) is 3.66. The van der Waals surface area contributed by atoms with E-state index in [1.54, 1.807) is 0 Å². The largest absolute Gasteiger partial charge is 0.350 e. The third kappa shape index (κ3) is 5.45. The Morgan fingerprint density at radius 3 is 2.31 bits per heavy atom. The van der Waals surface area contributed by atoms with E-state index in [4.69, 9.17) is 0 Å². The summed E-state index contributed by atoms with van der Waals surface area (Å²) in [6.07, 6.45) is 5.84. The number of hydrogen-bond acceptors (Lipinski definition) is 2. The summed E-state index contributed by atoms with van der Waals surface area (Å²) in [5.74, 6) is 0.483. The minimum atomic E-state index is -0.154. The first-order chi connectivity index (χ1) is 12.4. The zero-order valence-electron chi connectivity index (χ0n) is 16.3. The van der Waals surface area contributed by atoms with Crippen LogP contribution in [0.25, 0.3) is 0 Å². The van der Waals surface area contributed by atoms with E-state index >= 15 is 0 Å². The predicted molar refractivity (Wildman–Crippen MR) is 106 cm³/mol. The molecule has 0 heterocycles. The van der Waals surface area contributed by atoms with Crippen molar-refractivity contribution in [3.8, 4) is 0 Å². The van der Waals surface area contributed by atoms with E-state index in [1.807, 2.05) is 11.9 Å². The van der Waals surface area contributed by atoms with Crippen LogP contribution in [0.2, 0.25) is 0 Å². The van der Waals surface area contributed by atoms with Gasteiger partial charge in [0.2, 0.25) is 11.8 Å². The van der Waals surface area contributed by atoms with Crippen LogP contribution in [-0.4, -0.2) is 36.3 Å². The number of nitrogens with one attached hydrogen (secondary N) is 1.